The standard InChI is InChI=1S/C17H13ClN4O/c1-9-4-2-5-10-8-12(14(18)20-13(9)10)16-21-15-11(17(23)22-16)6-3-7-19-15/h2-8,16H,1H3,(H,19,21)(H,22,23). The van der Waals surface area contributed by atoms with Crippen LogP contribution in [0, 0.1) is 6.92 Å². The van der Waals surface area contributed by atoms with Crippen LogP contribution in [0.4, 0.5) is 5.82 Å². The summed E-state index contributed by atoms with van der Waals surface area (Å²) in [5, 5.41) is 7.43. The second-order valence-electron chi connectivity index (χ2n) is 5.47. The number of aromatic nitrogens is 2. The van der Waals surface area contributed by atoms with Gasteiger partial charge >= 0.3 is 0 Å². The first-order valence-corrected chi connectivity index (χ1v) is 7.59. The van der Waals surface area contributed by atoms with Crippen LogP contribution < -0.4 is 10.6 Å². The fourth-order valence-electron chi connectivity index (χ4n) is 2.78. The van der Waals surface area contributed by atoms with E-state index in [1.54, 1.807) is 18.3 Å². The Morgan fingerprint density at radius 1 is 1.17 bits per heavy atom. The second kappa shape index (κ2) is 5.21. The molecule has 0 spiro atoms. The van der Waals surface area contributed by atoms with Crippen LogP contribution in [-0.2, 0) is 0 Å². The van der Waals surface area contributed by atoms with Crippen molar-refractivity contribution in [3.63, 3.8) is 0 Å². The average Bonchev–Trinajstić information content (AvgIpc) is 2.55. The van der Waals surface area contributed by atoms with Crippen molar-refractivity contribution in [1.82, 2.24) is 15.3 Å². The summed E-state index contributed by atoms with van der Waals surface area (Å²) in [7, 11) is 0. The molecule has 0 radical (unpaired) electrons. The SMILES string of the molecule is Cc1cccc2cc(C3NC(=O)c4cccnc4N3)c(Cl)nc12. The highest BCUT2D eigenvalue weighted by atomic mass is 35.5. The summed E-state index contributed by atoms with van der Waals surface area (Å²) in [5.41, 5.74) is 3.16. The van der Waals surface area contributed by atoms with Crippen LogP contribution >= 0.6 is 11.6 Å². The fraction of sp³-hybridized carbons (Fsp3) is 0.118. The molecule has 2 aromatic heterocycles. The molecule has 2 N–H and O–H groups in total. The molecule has 5 nitrogen and oxygen atoms in total. The predicted molar refractivity (Wildman–Crippen MR) is 89.6 cm³/mol. The minimum atomic E-state index is -0.463. The van der Waals surface area contributed by atoms with Crippen molar-refractivity contribution in [2.75, 3.05) is 5.32 Å². The van der Waals surface area contributed by atoms with Gasteiger partial charge < -0.3 is 10.6 Å². The lowest BCUT2D eigenvalue weighted by Crippen LogP contribution is -2.39. The van der Waals surface area contributed by atoms with Crippen LogP contribution in [0.25, 0.3) is 10.9 Å². The van der Waals surface area contributed by atoms with Crippen molar-refractivity contribution >= 4 is 34.2 Å². The smallest absolute Gasteiger partial charge is 0.256 e. The van der Waals surface area contributed by atoms with Crippen molar-refractivity contribution < 1.29 is 4.79 Å². The van der Waals surface area contributed by atoms with Crippen LogP contribution in [0.5, 0.6) is 0 Å². The Morgan fingerprint density at radius 2 is 2.04 bits per heavy atom. The van der Waals surface area contributed by atoms with E-state index in [2.05, 4.69) is 20.6 Å². The van der Waals surface area contributed by atoms with Gasteiger partial charge in [0.1, 0.15) is 17.1 Å². The minimum Gasteiger partial charge on any atom is -0.346 e. The number of pyridine rings is 2. The lowest BCUT2D eigenvalue weighted by molar-refractivity contribution is 0.0935. The predicted octanol–water partition coefficient (Wildman–Crippen LogP) is 3.45. The molecule has 3 aromatic rings. The number of anilines is 1. The summed E-state index contributed by atoms with van der Waals surface area (Å²) >= 11 is 6.36. The Kier molecular flexibility index (Phi) is 3.16. The van der Waals surface area contributed by atoms with Gasteiger partial charge in [-0.1, -0.05) is 29.8 Å². The molecule has 1 aromatic carbocycles. The third-order valence-corrected chi connectivity index (χ3v) is 4.25. The van der Waals surface area contributed by atoms with E-state index in [-0.39, 0.29) is 5.91 Å². The molecular formula is C17H13ClN4O. The third-order valence-electron chi connectivity index (χ3n) is 3.95. The van der Waals surface area contributed by atoms with Crippen LogP contribution in [0.15, 0.2) is 42.6 Å². The van der Waals surface area contributed by atoms with Gasteiger partial charge in [-0.05, 0) is 30.7 Å². The molecule has 1 aliphatic rings. The Balaban J connectivity index is 1.81. The molecule has 1 amide bonds. The quantitative estimate of drug-likeness (QED) is 0.673. The maximum atomic E-state index is 12.2. The summed E-state index contributed by atoms with van der Waals surface area (Å²) < 4.78 is 0. The summed E-state index contributed by atoms with van der Waals surface area (Å²) in [4.78, 5) is 20.9. The number of nitrogens with one attached hydrogen (secondary N) is 2. The molecular weight excluding hydrogens is 312 g/mol. The molecule has 3 heterocycles. The lowest BCUT2D eigenvalue weighted by atomic mass is 10.1. The summed E-state index contributed by atoms with van der Waals surface area (Å²) in [5.74, 6) is 0.360. The van der Waals surface area contributed by atoms with E-state index in [0.717, 1.165) is 22.0 Å². The van der Waals surface area contributed by atoms with Crippen molar-refractivity contribution in [3.05, 3.63) is 64.4 Å². The highest BCUT2D eigenvalue weighted by molar-refractivity contribution is 6.30. The van der Waals surface area contributed by atoms with Gasteiger partial charge in [0.2, 0.25) is 0 Å². The third kappa shape index (κ3) is 2.29. The number of amides is 1. The normalized spacial score (nSPS) is 16.6. The first kappa shape index (κ1) is 14.0. The topological polar surface area (TPSA) is 66.9 Å². The van der Waals surface area contributed by atoms with Gasteiger partial charge in [-0.25, -0.2) is 9.97 Å². The van der Waals surface area contributed by atoms with E-state index >= 15 is 0 Å². The van der Waals surface area contributed by atoms with Crippen molar-refractivity contribution in [1.29, 1.82) is 0 Å². The maximum Gasteiger partial charge on any atom is 0.256 e. The van der Waals surface area contributed by atoms with Crippen LogP contribution in [0.3, 0.4) is 0 Å². The number of carbonyl (C=O) groups is 1. The largest absolute Gasteiger partial charge is 0.346 e. The van der Waals surface area contributed by atoms with Crippen LogP contribution in [0.2, 0.25) is 5.15 Å². The van der Waals surface area contributed by atoms with E-state index in [9.17, 15) is 4.79 Å². The van der Waals surface area contributed by atoms with Crippen molar-refractivity contribution in [2.24, 2.45) is 0 Å². The Hall–Kier alpha value is -2.66. The van der Waals surface area contributed by atoms with Crippen molar-refractivity contribution in [2.45, 2.75) is 13.1 Å². The minimum absolute atomic E-state index is 0.183. The van der Waals surface area contributed by atoms with E-state index < -0.39 is 6.17 Å². The number of nitrogens with zero attached hydrogens (tertiary/aromatic N) is 2. The molecule has 0 bridgehead atoms. The highest BCUT2D eigenvalue weighted by Crippen LogP contribution is 2.30. The number of carbonyl (C=O) groups excluding carboxylic acids is 1. The number of para-hydroxylation sites is 1. The lowest BCUT2D eigenvalue weighted by Gasteiger charge is -2.27. The van der Waals surface area contributed by atoms with Gasteiger partial charge in [0.05, 0.1) is 11.1 Å². The fourth-order valence-corrected chi connectivity index (χ4v) is 3.03. The zero-order chi connectivity index (χ0) is 16.0. The first-order valence-electron chi connectivity index (χ1n) is 7.21. The molecule has 0 saturated heterocycles. The first-order chi connectivity index (χ1) is 11.1. The molecule has 0 fully saturated rings. The number of benzene rings is 1. The zero-order valence-electron chi connectivity index (χ0n) is 12.3. The van der Waals surface area contributed by atoms with Gasteiger partial charge in [-0.2, -0.15) is 0 Å². The van der Waals surface area contributed by atoms with Crippen molar-refractivity contribution in [3.8, 4) is 0 Å². The number of fused-ring (bicyclic) bond motifs is 2. The van der Waals surface area contributed by atoms with Gasteiger partial charge in [0, 0.05) is 17.1 Å². The molecule has 23 heavy (non-hydrogen) atoms. The zero-order valence-corrected chi connectivity index (χ0v) is 13.1. The Morgan fingerprint density at radius 3 is 2.91 bits per heavy atom. The van der Waals surface area contributed by atoms with Gasteiger partial charge in [-0.15, -0.1) is 0 Å². The van der Waals surface area contributed by atoms with E-state index in [4.69, 9.17) is 11.6 Å². The average molecular weight is 325 g/mol. The summed E-state index contributed by atoms with van der Waals surface area (Å²) in [6.07, 6.45) is 1.18. The molecule has 4 rings (SSSR count). The summed E-state index contributed by atoms with van der Waals surface area (Å²) in [6, 6.07) is 11.3. The molecule has 0 saturated carbocycles. The monoisotopic (exact) mass is 324 g/mol. The summed E-state index contributed by atoms with van der Waals surface area (Å²) in [6.45, 7) is 1.99. The number of rotatable bonds is 1. The van der Waals surface area contributed by atoms with E-state index in [1.165, 1.54) is 0 Å². The van der Waals surface area contributed by atoms with Gasteiger partial charge in [0.25, 0.3) is 5.91 Å². The molecule has 6 heteroatoms. The maximum absolute atomic E-state index is 12.2. The van der Waals surface area contributed by atoms with Crippen LogP contribution in [0.1, 0.15) is 27.7 Å². The number of halogens is 1. The highest BCUT2D eigenvalue weighted by Gasteiger charge is 2.27. The van der Waals surface area contributed by atoms with Crippen LogP contribution in [-0.4, -0.2) is 15.9 Å². The molecule has 1 aliphatic heterocycles. The number of hydrogen-bond donors (Lipinski definition) is 2. The molecule has 114 valence electrons. The Bertz CT molecular complexity index is 941. The molecule has 1 atom stereocenters. The Labute approximate surface area is 137 Å². The molecule has 1 unspecified atom stereocenters. The molecule has 0 aliphatic carbocycles. The van der Waals surface area contributed by atoms with Gasteiger partial charge in [0.15, 0.2) is 0 Å². The number of hydrogen-bond acceptors (Lipinski definition) is 4. The van der Waals surface area contributed by atoms with E-state index in [1.807, 2.05) is 31.2 Å². The number of aryl methyl sites for hydroxylation is 1. The second-order valence-corrected chi connectivity index (χ2v) is 5.82. The van der Waals surface area contributed by atoms with E-state index in [0.29, 0.717) is 16.5 Å². The van der Waals surface area contributed by atoms with Gasteiger partial charge in [-0.3, -0.25) is 4.79 Å².